The van der Waals surface area contributed by atoms with Crippen LogP contribution in [0.3, 0.4) is 0 Å². The first-order valence-corrected chi connectivity index (χ1v) is 12.5. The average molecular weight is 479 g/mol. The van der Waals surface area contributed by atoms with Gasteiger partial charge in [-0.05, 0) is 28.7 Å². The van der Waals surface area contributed by atoms with Crippen molar-refractivity contribution in [3.63, 3.8) is 0 Å². The lowest BCUT2D eigenvalue weighted by Gasteiger charge is -2.41. The second kappa shape index (κ2) is 10.9. The average Bonchev–Trinajstić information content (AvgIpc) is 3.14. The van der Waals surface area contributed by atoms with E-state index in [0.29, 0.717) is 19.5 Å². The minimum absolute atomic E-state index is 0.0133. The van der Waals surface area contributed by atoms with Crippen LogP contribution in [-0.4, -0.2) is 53.7 Å². The highest BCUT2D eigenvalue weighted by Crippen LogP contribution is 2.44. The van der Waals surface area contributed by atoms with Crippen molar-refractivity contribution < 1.29 is 24.2 Å². The van der Waals surface area contributed by atoms with E-state index < -0.39 is 18.0 Å². The minimum atomic E-state index is -0.833. The maximum Gasteiger partial charge on any atom is 0.407 e. The molecule has 1 aliphatic heterocycles. The van der Waals surface area contributed by atoms with Crippen molar-refractivity contribution in [2.75, 3.05) is 19.7 Å². The van der Waals surface area contributed by atoms with Crippen LogP contribution in [0.25, 0.3) is 11.1 Å². The van der Waals surface area contributed by atoms with Gasteiger partial charge in [-0.3, -0.25) is 9.59 Å². The van der Waals surface area contributed by atoms with Crippen LogP contribution in [0.5, 0.6) is 0 Å². The first-order chi connectivity index (χ1) is 16.9. The molecule has 1 saturated heterocycles. The van der Waals surface area contributed by atoms with Crippen molar-refractivity contribution >= 4 is 18.0 Å². The Morgan fingerprint density at radius 2 is 1.66 bits per heavy atom. The van der Waals surface area contributed by atoms with E-state index in [1.807, 2.05) is 24.3 Å². The van der Waals surface area contributed by atoms with Crippen molar-refractivity contribution in [1.82, 2.24) is 10.2 Å². The van der Waals surface area contributed by atoms with E-state index in [1.165, 1.54) is 11.1 Å². The monoisotopic (exact) mass is 478 g/mol. The summed E-state index contributed by atoms with van der Waals surface area (Å²) in [5, 5.41) is 12.1. The fourth-order valence-corrected chi connectivity index (χ4v) is 5.06. The molecule has 1 heterocycles. The van der Waals surface area contributed by atoms with Crippen LogP contribution in [0, 0.1) is 11.8 Å². The zero-order chi connectivity index (χ0) is 24.9. The van der Waals surface area contributed by atoms with Crippen molar-refractivity contribution in [2.24, 2.45) is 11.8 Å². The molecule has 2 N–H and O–H groups in total. The molecule has 2 aromatic carbocycles. The highest BCUT2D eigenvalue weighted by atomic mass is 16.5. The van der Waals surface area contributed by atoms with Gasteiger partial charge in [0.05, 0.1) is 5.92 Å². The lowest BCUT2D eigenvalue weighted by Crippen LogP contribution is -2.54. The molecule has 1 aliphatic carbocycles. The lowest BCUT2D eigenvalue weighted by atomic mass is 9.86. The van der Waals surface area contributed by atoms with E-state index in [-0.39, 0.29) is 36.8 Å². The number of ether oxygens (including phenoxy) is 1. The summed E-state index contributed by atoms with van der Waals surface area (Å²) >= 11 is 0. The summed E-state index contributed by atoms with van der Waals surface area (Å²) in [4.78, 5) is 38.3. The van der Waals surface area contributed by atoms with Crippen molar-refractivity contribution in [2.45, 2.75) is 51.5 Å². The van der Waals surface area contributed by atoms with Gasteiger partial charge in [0.25, 0.3) is 0 Å². The first kappa shape index (κ1) is 24.8. The molecule has 4 rings (SSSR count). The molecule has 0 radical (unpaired) electrons. The Morgan fingerprint density at radius 3 is 2.23 bits per heavy atom. The number of unbranched alkanes of at least 4 members (excludes halogenated alkanes) is 1. The van der Waals surface area contributed by atoms with Crippen molar-refractivity contribution in [3.8, 4) is 11.1 Å². The topological polar surface area (TPSA) is 95.9 Å². The van der Waals surface area contributed by atoms with E-state index in [1.54, 1.807) is 11.8 Å². The Kier molecular flexibility index (Phi) is 7.73. The summed E-state index contributed by atoms with van der Waals surface area (Å²) in [6, 6.07) is 16.1. The standard InChI is InChI=1S/C28H34N2O5/c1-3-4-9-20(14-26(31)30-15-19(16-30)18(2)27(32)33)29-28(34)35-17-25-23-12-7-5-10-21(23)22-11-6-8-13-24(22)25/h5-8,10-13,18-20,25H,3-4,9,14-17H2,1-2H3,(H,29,34)(H,32,33)/t18?,20-/m0/s1. The fourth-order valence-electron chi connectivity index (χ4n) is 5.06. The molecule has 1 unspecified atom stereocenters. The number of hydrogen-bond donors (Lipinski definition) is 2. The summed E-state index contributed by atoms with van der Waals surface area (Å²) in [7, 11) is 0. The smallest absolute Gasteiger partial charge is 0.407 e. The molecule has 2 aliphatic rings. The van der Waals surface area contributed by atoms with Gasteiger partial charge in [-0.15, -0.1) is 0 Å². The van der Waals surface area contributed by atoms with Gasteiger partial charge in [0, 0.05) is 37.4 Å². The number of hydrogen-bond acceptors (Lipinski definition) is 4. The molecule has 2 aromatic rings. The first-order valence-electron chi connectivity index (χ1n) is 12.5. The van der Waals surface area contributed by atoms with Crippen LogP contribution >= 0.6 is 0 Å². The second-order valence-corrected chi connectivity index (χ2v) is 9.70. The van der Waals surface area contributed by atoms with E-state index in [2.05, 4.69) is 36.5 Å². The van der Waals surface area contributed by atoms with Crippen molar-refractivity contribution in [3.05, 3.63) is 59.7 Å². The number of amides is 2. The van der Waals surface area contributed by atoms with E-state index in [9.17, 15) is 14.4 Å². The van der Waals surface area contributed by atoms with Gasteiger partial charge in [0.15, 0.2) is 0 Å². The third-order valence-electron chi connectivity index (χ3n) is 7.35. The number of nitrogens with one attached hydrogen (secondary N) is 1. The molecular formula is C28H34N2O5. The van der Waals surface area contributed by atoms with Gasteiger partial charge in [0.1, 0.15) is 6.61 Å². The predicted octanol–water partition coefficient (Wildman–Crippen LogP) is 4.65. The molecule has 7 nitrogen and oxygen atoms in total. The largest absolute Gasteiger partial charge is 0.481 e. The number of carbonyl (C=O) groups excluding carboxylic acids is 2. The van der Waals surface area contributed by atoms with Crippen LogP contribution in [0.2, 0.25) is 0 Å². The van der Waals surface area contributed by atoms with Crippen molar-refractivity contribution in [1.29, 1.82) is 0 Å². The zero-order valence-corrected chi connectivity index (χ0v) is 20.4. The Labute approximate surface area is 206 Å². The molecule has 0 bridgehead atoms. The second-order valence-electron chi connectivity index (χ2n) is 9.70. The molecule has 2 atom stereocenters. The number of carbonyl (C=O) groups is 3. The maximum absolute atomic E-state index is 12.7. The Morgan fingerprint density at radius 1 is 1.06 bits per heavy atom. The third kappa shape index (κ3) is 5.50. The Hall–Kier alpha value is -3.35. The SMILES string of the molecule is CCCC[C@@H](CC(=O)N1CC(C(C)C(=O)O)C1)NC(=O)OCC1c2ccccc2-c2ccccc21. The summed E-state index contributed by atoms with van der Waals surface area (Å²) in [6.45, 7) is 4.89. The van der Waals surface area contributed by atoms with Gasteiger partial charge in [-0.2, -0.15) is 0 Å². The van der Waals surface area contributed by atoms with E-state index >= 15 is 0 Å². The fraction of sp³-hybridized carbons (Fsp3) is 0.464. The number of carboxylic acids is 1. The van der Waals surface area contributed by atoms with Crippen LogP contribution < -0.4 is 5.32 Å². The number of alkyl carbamates (subject to hydrolysis) is 1. The highest BCUT2D eigenvalue weighted by molar-refractivity contribution is 5.80. The minimum Gasteiger partial charge on any atom is -0.481 e. The Balaban J connectivity index is 1.32. The van der Waals surface area contributed by atoms with Gasteiger partial charge >= 0.3 is 12.1 Å². The van der Waals surface area contributed by atoms with Gasteiger partial charge < -0.3 is 20.1 Å². The van der Waals surface area contributed by atoms with Crippen LogP contribution in [0.4, 0.5) is 4.79 Å². The lowest BCUT2D eigenvalue weighted by molar-refractivity contribution is -0.150. The number of likely N-dealkylation sites (tertiary alicyclic amines) is 1. The molecule has 7 heteroatoms. The molecule has 186 valence electrons. The summed E-state index contributed by atoms with van der Waals surface area (Å²) in [6.07, 6.45) is 2.22. The maximum atomic E-state index is 12.7. The number of benzene rings is 2. The van der Waals surface area contributed by atoms with Gasteiger partial charge in [0.2, 0.25) is 5.91 Å². The molecule has 35 heavy (non-hydrogen) atoms. The Bertz CT molecular complexity index is 1030. The number of nitrogens with zero attached hydrogens (tertiary/aromatic N) is 1. The molecule has 2 amide bonds. The summed E-state index contributed by atoms with van der Waals surface area (Å²) in [5.74, 6) is -1.38. The van der Waals surface area contributed by atoms with Crippen LogP contribution in [0.15, 0.2) is 48.5 Å². The third-order valence-corrected chi connectivity index (χ3v) is 7.35. The molecular weight excluding hydrogens is 444 g/mol. The summed E-state index contributed by atoms with van der Waals surface area (Å²) in [5.41, 5.74) is 4.66. The van der Waals surface area contributed by atoms with E-state index in [0.717, 1.165) is 24.0 Å². The predicted molar refractivity (Wildman–Crippen MR) is 133 cm³/mol. The van der Waals surface area contributed by atoms with Crippen LogP contribution in [0.1, 0.15) is 56.6 Å². The van der Waals surface area contributed by atoms with E-state index in [4.69, 9.17) is 9.84 Å². The quantitative estimate of drug-likeness (QED) is 0.518. The number of carboxylic acid groups (broad SMARTS) is 1. The van der Waals surface area contributed by atoms with Crippen LogP contribution in [-0.2, 0) is 14.3 Å². The highest BCUT2D eigenvalue weighted by Gasteiger charge is 2.37. The number of fused-ring (bicyclic) bond motifs is 3. The zero-order valence-electron chi connectivity index (χ0n) is 20.4. The van der Waals surface area contributed by atoms with Gasteiger partial charge in [-0.25, -0.2) is 4.79 Å². The molecule has 0 spiro atoms. The summed E-state index contributed by atoms with van der Waals surface area (Å²) < 4.78 is 5.67. The molecule has 0 saturated carbocycles. The number of rotatable bonds is 10. The number of aliphatic carboxylic acids is 1. The normalized spacial score (nSPS) is 16.6. The molecule has 0 aromatic heterocycles. The van der Waals surface area contributed by atoms with Gasteiger partial charge in [-0.1, -0.05) is 75.2 Å². The molecule has 1 fully saturated rings.